The highest BCUT2D eigenvalue weighted by Crippen LogP contribution is 2.21. The Kier molecular flexibility index (Phi) is 4.81. The Morgan fingerprint density at radius 1 is 1.13 bits per heavy atom. The highest BCUT2D eigenvalue weighted by Gasteiger charge is 2.24. The summed E-state index contributed by atoms with van der Waals surface area (Å²) in [6, 6.07) is 4.28. The number of carbonyl (C=O) groups is 1. The summed E-state index contributed by atoms with van der Waals surface area (Å²) >= 11 is 0. The van der Waals surface area contributed by atoms with E-state index in [1.54, 1.807) is 14.0 Å². The SMILES string of the molecule is Cc1nn(C)c2ncc(S(=O)(=O)NC(=O)c3cnn(-c4ccc(F)cc4F)c3C)cc12. The van der Waals surface area contributed by atoms with Crippen LogP contribution in [0.4, 0.5) is 8.78 Å². The van der Waals surface area contributed by atoms with Crippen LogP contribution in [0.5, 0.6) is 0 Å². The third-order valence-electron chi connectivity index (χ3n) is 4.77. The fourth-order valence-electron chi connectivity index (χ4n) is 3.20. The summed E-state index contributed by atoms with van der Waals surface area (Å²) in [7, 11) is -2.57. The number of nitrogens with zero attached hydrogens (tertiary/aromatic N) is 5. The largest absolute Gasteiger partial charge is 0.268 e. The van der Waals surface area contributed by atoms with E-state index in [4.69, 9.17) is 0 Å². The summed E-state index contributed by atoms with van der Waals surface area (Å²) in [4.78, 5) is 16.5. The van der Waals surface area contributed by atoms with E-state index in [-0.39, 0.29) is 21.8 Å². The molecule has 0 aliphatic rings. The van der Waals surface area contributed by atoms with Crippen LogP contribution in [0, 0.1) is 25.5 Å². The lowest BCUT2D eigenvalue weighted by atomic mass is 10.2. The number of fused-ring (bicyclic) bond motifs is 1. The summed E-state index contributed by atoms with van der Waals surface area (Å²) < 4.78 is 57.3. The Hall–Kier alpha value is -3.67. The number of hydrogen-bond acceptors (Lipinski definition) is 6. The lowest BCUT2D eigenvalue weighted by Crippen LogP contribution is -2.31. The van der Waals surface area contributed by atoms with Crippen LogP contribution < -0.4 is 4.72 Å². The molecule has 4 rings (SSSR count). The van der Waals surface area contributed by atoms with Crippen LogP contribution >= 0.6 is 0 Å². The number of benzene rings is 1. The maximum Gasteiger partial charge on any atom is 0.268 e. The third kappa shape index (κ3) is 3.54. The quantitative estimate of drug-likeness (QED) is 0.514. The second-order valence-electron chi connectivity index (χ2n) is 6.84. The normalized spacial score (nSPS) is 11.8. The molecule has 1 amide bonds. The van der Waals surface area contributed by atoms with Gasteiger partial charge in [-0.25, -0.2) is 31.6 Å². The first-order valence-corrected chi connectivity index (χ1v) is 10.4. The summed E-state index contributed by atoms with van der Waals surface area (Å²) in [5, 5.41) is 8.65. The molecule has 0 atom stereocenters. The summed E-state index contributed by atoms with van der Waals surface area (Å²) in [6.07, 6.45) is 2.24. The average Bonchev–Trinajstić information content (AvgIpc) is 3.21. The highest BCUT2D eigenvalue weighted by molar-refractivity contribution is 7.90. The number of nitrogens with one attached hydrogen (secondary N) is 1. The van der Waals surface area contributed by atoms with Crippen molar-refractivity contribution < 1.29 is 22.0 Å². The first-order chi connectivity index (χ1) is 14.6. The van der Waals surface area contributed by atoms with E-state index < -0.39 is 27.6 Å². The van der Waals surface area contributed by atoms with E-state index in [2.05, 4.69) is 15.2 Å². The number of pyridine rings is 1. The highest BCUT2D eigenvalue weighted by atomic mass is 32.2. The molecule has 0 saturated heterocycles. The zero-order chi connectivity index (χ0) is 22.5. The summed E-state index contributed by atoms with van der Waals surface area (Å²) in [6.45, 7) is 3.18. The zero-order valence-electron chi connectivity index (χ0n) is 16.6. The molecule has 0 unspecified atom stereocenters. The maximum atomic E-state index is 14.1. The van der Waals surface area contributed by atoms with Gasteiger partial charge in [0.15, 0.2) is 11.5 Å². The van der Waals surface area contributed by atoms with E-state index in [1.807, 2.05) is 4.72 Å². The molecule has 3 heterocycles. The number of aromatic nitrogens is 5. The fourth-order valence-corrected chi connectivity index (χ4v) is 4.14. The predicted octanol–water partition coefficient (Wildman–Crippen LogP) is 2.17. The number of hydrogen-bond donors (Lipinski definition) is 1. The molecule has 0 aliphatic carbocycles. The Labute approximate surface area is 175 Å². The van der Waals surface area contributed by atoms with Crippen LogP contribution in [0.3, 0.4) is 0 Å². The number of rotatable bonds is 4. The van der Waals surface area contributed by atoms with Crippen molar-refractivity contribution in [3.8, 4) is 5.69 Å². The third-order valence-corrected chi connectivity index (χ3v) is 6.07. The van der Waals surface area contributed by atoms with Crippen LogP contribution in [0.15, 0.2) is 41.6 Å². The molecule has 31 heavy (non-hydrogen) atoms. The number of sulfonamides is 1. The minimum atomic E-state index is -4.25. The Morgan fingerprint density at radius 3 is 2.58 bits per heavy atom. The van der Waals surface area contributed by atoms with Crippen LogP contribution in [-0.4, -0.2) is 38.9 Å². The molecule has 0 aliphatic heterocycles. The van der Waals surface area contributed by atoms with Gasteiger partial charge in [-0.3, -0.25) is 9.48 Å². The van der Waals surface area contributed by atoms with Gasteiger partial charge in [0.25, 0.3) is 15.9 Å². The molecule has 0 bridgehead atoms. The molecule has 12 heteroatoms. The van der Waals surface area contributed by atoms with Crippen LogP contribution in [-0.2, 0) is 17.1 Å². The van der Waals surface area contributed by atoms with E-state index in [0.29, 0.717) is 22.8 Å². The van der Waals surface area contributed by atoms with E-state index in [9.17, 15) is 22.0 Å². The van der Waals surface area contributed by atoms with Crippen molar-refractivity contribution in [2.45, 2.75) is 18.7 Å². The minimum Gasteiger partial charge on any atom is -0.268 e. The first-order valence-electron chi connectivity index (χ1n) is 8.95. The summed E-state index contributed by atoms with van der Waals surface area (Å²) in [5.74, 6) is -2.59. The molecule has 160 valence electrons. The molecular weight excluding hydrogens is 430 g/mol. The second-order valence-corrected chi connectivity index (χ2v) is 8.52. The standard InChI is InChI=1S/C19H16F2N6O3S/c1-10-14-7-13(8-22-18(14)26(3)24-10)31(29,30)25-19(28)15-9-23-27(11(15)2)17-5-4-12(20)6-16(17)21/h4-9H,1-3H3,(H,25,28). The number of carbonyl (C=O) groups excluding carboxylic acids is 1. The van der Waals surface area contributed by atoms with Crippen molar-refractivity contribution in [2.75, 3.05) is 0 Å². The molecule has 0 spiro atoms. The Bertz CT molecular complexity index is 1460. The molecular formula is C19H16F2N6O3S. The molecule has 1 aromatic carbocycles. The Balaban J connectivity index is 1.65. The number of halogens is 2. The van der Waals surface area contributed by atoms with Gasteiger partial charge in [0.1, 0.15) is 16.4 Å². The van der Waals surface area contributed by atoms with Gasteiger partial charge in [0.2, 0.25) is 0 Å². The van der Waals surface area contributed by atoms with E-state index in [1.165, 1.54) is 23.7 Å². The van der Waals surface area contributed by atoms with Gasteiger partial charge in [0.05, 0.1) is 23.1 Å². The van der Waals surface area contributed by atoms with Crippen molar-refractivity contribution in [3.05, 3.63) is 65.2 Å². The molecule has 0 fully saturated rings. The average molecular weight is 446 g/mol. The zero-order valence-corrected chi connectivity index (χ0v) is 17.4. The minimum absolute atomic E-state index is 0.0810. The van der Waals surface area contributed by atoms with Crippen LogP contribution in [0.25, 0.3) is 16.7 Å². The van der Waals surface area contributed by atoms with Gasteiger partial charge in [-0.1, -0.05) is 0 Å². The Morgan fingerprint density at radius 2 is 1.87 bits per heavy atom. The van der Waals surface area contributed by atoms with Crippen molar-refractivity contribution in [2.24, 2.45) is 7.05 Å². The smallest absolute Gasteiger partial charge is 0.268 e. The monoisotopic (exact) mass is 446 g/mol. The van der Waals surface area contributed by atoms with E-state index >= 15 is 0 Å². The van der Waals surface area contributed by atoms with Gasteiger partial charge in [-0.05, 0) is 32.0 Å². The van der Waals surface area contributed by atoms with Gasteiger partial charge in [-0.15, -0.1) is 0 Å². The lowest BCUT2D eigenvalue weighted by Gasteiger charge is -2.08. The van der Waals surface area contributed by atoms with Crippen LogP contribution in [0.2, 0.25) is 0 Å². The van der Waals surface area contributed by atoms with Gasteiger partial charge in [-0.2, -0.15) is 10.2 Å². The van der Waals surface area contributed by atoms with Crippen molar-refractivity contribution in [1.29, 1.82) is 0 Å². The number of aryl methyl sites for hydroxylation is 2. The van der Waals surface area contributed by atoms with Crippen molar-refractivity contribution >= 4 is 27.0 Å². The van der Waals surface area contributed by atoms with Gasteiger partial charge in [0, 0.05) is 24.7 Å². The lowest BCUT2D eigenvalue weighted by molar-refractivity contribution is 0.0980. The van der Waals surface area contributed by atoms with Crippen molar-refractivity contribution in [3.63, 3.8) is 0 Å². The number of amides is 1. The molecule has 4 aromatic rings. The summed E-state index contributed by atoms with van der Waals surface area (Å²) in [5.41, 5.74) is 1.10. The molecule has 3 aromatic heterocycles. The molecule has 1 N–H and O–H groups in total. The topological polar surface area (TPSA) is 112 Å². The predicted molar refractivity (Wildman–Crippen MR) is 106 cm³/mol. The van der Waals surface area contributed by atoms with E-state index in [0.717, 1.165) is 23.1 Å². The second kappa shape index (κ2) is 7.23. The van der Waals surface area contributed by atoms with Gasteiger partial charge >= 0.3 is 0 Å². The fraction of sp³-hybridized carbons (Fsp3) is 0.158. The van der Waals surface area contributed by atoms with Crippen molar-refractivity contribution in [1.82, 2.24) is 29.3 Å². The maximum absolute atomic E-state index is 14.1. The molecule has 0 radical (unpaired) electrons. The first kappa shape index (κ1) is 20.6. The van der Waals surface area contributed by atoms with Gasteiger partial charge < -0.3 is 0 Å². The molecule has 0 saturated carbocycles. The molecule has 9 nitrogen and oxygen atoms in total. The van der Waals surface area contributed by atoms with Crippen LogP contribution in [0.1, 0.15) is 21.7 Å².